The molecule has 0 aromatic carbocycles. The summed E-state index contributed by atoms with van der Waals surface area (Å²) in [6, 6.07) is -0.347. The Morgan fingerprint density at radius 3 is 2.71 bits per heavy atom. The van der Waals surface area contributed by atoms with E-state index in [9.17, 15) is 14.7 Å². The van der Waals surface area contributed by atoms with Gasteiger partial charge in [0, 0.05) is 32.2 Å². The van der Waals surface area contributed by atoms with Crippen LogP contribution in [-0.4, -0.2) is 54.9 Å². The number of aliphatic carboxylic acids is 1. The van der Waals surface area contributed by atoms with Crippen LogP contribution in [0.2, 0.25) is 0 Å². The van der Waals surface area contributed by atoms with E-state index < -0.39 is 11.9 Å². The molecule has 1 aliphatic heterocycles. The number of hydrogen-bond donors (Lipinski definition) is 2. The van der Waals surface area contributed by atoms with E-state index in [4.69, 9.17) is 4.74 Å². The van der Waals surface area contributed by atoms with Gasteiger partial charge in [0.2, 0.25) is 0 Å². The lowest BCUT2D eigenvalue weighted by Crippen LogP contribution is -2.52. The topological polar surface area (TPSA) is 78.9 Å². The molecule has 0 aromatic heterocycles. The Balaban J connectivity index is 1.88. The molecule has 1 heterocycles. The van der Waals surface area contributed by atoms with Crippen molar-refractivity contribution < 1.29 is 19.4 Å². The number of carboxylic acids is 1. The minimum absolute atomic E-state index is 0.117. The van der Waals surface area contributed by atoms with Crippen LogP contribution in [0.4, 0.5) is 4.79 Å². The number of methoxy groups -OCH3 is 1. The van der Waals surface area contributed by atoms with Crippen molar-refractivity contribution >= 4 is 12.0 Å². The molecule has 2 fully saturated rings. The Morgan fingerprint density at radius 2 is 2.00 bits per heavy atom. The third-order valence-electron chi connectivity index (χ3n) is 4.60. The second-order valence-corrected chi connectivity index (χ2v) is 6.19. The summed E-state index contributed by atoms with van der Waals surface area (Å²) >= 11 is 0. The van der Waals surface area contributed by atoms with Crippen molar-refractivity contribution in [1.29, 1.82) is 0 Å². The van der Waals surface area contributed by atoms with Crippen LogP contribution < -0.4 is 5.32 Å². The number of ether oxygens (including phenoxy) is 1. The summed E-state index contributed by atoms with van der Waals surface area (Å²) in [4.78, 5) is 25.4. The second kappa shape index (κ2) is 7.64. The third kappa shape index (κ3) is 4.33. The number of urea groups is 1. The molecular formula is C15H26N2O4. The Labute approximate surface area is 125 Å². The fourth-order valence-corrected chi connectivity index (χ4v) is 3.47. The van der Waals surface area contributed by atoms with Gasteiger partial charge in [-0.1, -0.05) is 12.8 Å². The number of hydrogen-bond acceptors (Lipinski definition) is 3. The normalized spacial score (nSPS) is 30.0. The summed E-state index contributed by atoms with van der Waals surface area (Å²) < 4.78 is 5.17. The van der Waals surface area contributed by atoms with Crippen molar-refractivity contribution in [3.8, 4) is 0 Å². The first kappa shape index (κ1) is 16.1. The fraction of sp³-hybridized carbons (Fsp3) is 0.867. The van der Waals surface area contributed by atoms with Crippen molar-refractivity contribution in [2.45, 2.75) is 44.6 Å². The van der Waals surface area contributed by atoms with Gasteiger partial charge in [0.1, 0.15) is 0 Å². The van der Waals surface area contributed by atoms with Gasteiger partial charge in [-0.2, -0.15) is 0 Å². The van der Waals surface area contributed by atoms with E-state index in [1.54, 1.807) is 12.0 Å². The number of carbonyl (C=O) groups is 2. The Bertz CT molecular complexity index is 373. The molecule has 6 nitrogen and oxygen atoms in total. The highest BCUT2D eigenvalue weighted by Crippen LogP contribution is 2.25. The average molecular weight is 298 g/mol. The first-order valence-electron chi connectivity index (χ1n) is 7.89. The van der Waals surface area contributed by atoms with Crippen LogP contribution in [0.1, 0.15) is 38.5 Å². The number of nitrogens with one attached hydrogen (secondary N) is 1. The molecule has 2 rings (SSSR count). The zero-order valence-electron chi connectivity index (χ0n) is 12.7. The Hall–Kier alpha value is -1.30. The molecule has 0 aromatic rings. The third-order valence-corrected chi connectivity index (χ3v) is 4.60. The largest absolute Gasteiger partial charge is 0.481 e. The quantitative estimate of drug-likeness (QED) is 0.828. The molecule has 0 radical (unpaired) electrons. The molecule has 2 amide bonds. The number of carboxylic acid groups (broad SMARTS) is 1. The van der Waals surface area contributed by atoms with Crippen molar-refractivity contribution in [3.63, 3.8) is 0 Å². The van der Waals surface area contributed by atoms with Crippen LogP contribution in [0.5, 0.6) is 0 Å². The number of nitrogens with zero attached hydrogens (tertiary/aromatic N) is 1. The fourth-order valence-electron chi connectivity index (χ4n) is 3.47. The van der Waals surface area contributed by atoms with E-state index in [2.05, 4.69) is 5.32 Å². The van der Waals surface area contributed by atoms with Crippen LogP contribution in [0.15, 0.2) is 0 Å². The second-order valence-electron chi connectivity index (χ2n) is 6.19. The summed E-state index contributed by atoms with van der Waals surface area (Å²) in [7, 11) is 1.68. The number of likely N-dealkylation sites (tertiary alicyclic amines) is 1. The molecule has 0 spiro atoms. The number of rotatable bonds is 4. The van der Waals surface area contributed by atoms with E-state index in [0.29, 0.717) is 25.5 Å². The first-order valence-corrected chi connectivity index (χ1v) is 7.89. The molecule has 2 aliphatic rings. The molecule has 3 unspecified atom stereocenters. The highest BCUT2D eigenvalue weighted by atomic mass is 16.5. The summed E-state index contributed by atoms with van der Waals surface area (Å²) in [5.41, 5.74) is 0. The molecule has 2 N–H and O–H groups in total. The van der Waals surface area contributed by atoms with Gasteiger partial charge >= 0.3 is 12.0 Å². The SMILES string of the molecule is COCC1CCCN(C(=O)NC2CCCCC2C(=O)O)C1. The van der Waals surface area contributed by atoms with Crippen molar-refractivity contribution in [3.05, 3.63) is 0 Å². The van der Waals surface area contributed by atoms with Gasteiger partial charge in [-0.05, 0) is 25.7 Å². The minimum Gasteiger partial charge on any atom is -0.481 e. The minimum atomic E-state index is -0.795. The predicted octanol–water partition coefficient (Wildman–Crippen LogP) is 1.70. The van der Waals surface area contributed by atoms with Crippen molar-refractivity contribution in [2.75, 3.05) is 26.8 Å². The lowest BCUT2D eigenvalue weighted by atomic mass is 9.84. The smallest absolute Gasteiger partial charge is 0.317 e. The van der Waals surface area contributed by atoms with Gasteiger partial charge in [0.05, 0.1) is 12.5 Å². The zero-order valence-corrected chi connectivity index (χ0v) is 12.7. The van der Waals surface area contributed by atoms with Gasteiger partial charge in [0.15, 0.2) is 0 Å². The average Bonchev–Trinajstić information content (AvgIpc) is 2.48. The van der Waals surface area contributed by atoms with E-state index in [-0.39, 0.29) is 12.1 Å². The number of amides is 2. The molecular weight excluding hydrogens is 272 g/mol. The molecule has 3 atom stereocenters. The standard InChI is InChI=1S/C15H26N2O4/c1-21-10-11-5-4-8-17(9-11)15(20)16-13-7-3-2-6-12(13)14(18)19/h11-13H,2-10H2,1H3,(H,16,20)(H,18,19). The maximum atomic E-state index is 12.4. The summed E-state index contributed by atoms with van der Waals surface area (Å²) in [6.45, 7) is 2.12. The highest BCUT2D eigenvalue weighted by Gasteiger charge is 2.33. The Morgan fingerprint density at radius 1 is 1.24 bits per heavy atom. The molecule has 0 bridgehead atoms. The summed E-state index contributed by atoms with van der Waals surface area (Å²) in [5, 5.41) is 12.2. The first-order chi connectivity index (χ1) is 10.1. The maximum absolute atomic E-state index is 12.4. The summed E-state index contributed by atoms with van der Waals surface area (Å²) in [5.74, 6) is -0.853. The van der Waals surface area contributed by atoms with Gasteiger partial charge in [0.25, 0.3) is 0 Å². The van der Waals surface area contributed by atoms with Gasteiger partial charge < -0.3 is 20.1 Å². The molecule has 1 saturated carbocycles. The van der Waals surface area contributed by atoms with Crippen LogP contribution in [0.3, 0.4) is 0 Å². The van der Waals surface area contributed by atoms with E-state index in [1.165, 1.54) is 0 Å². The summed E-state index contributed by atoms with van der Waals surface area (Å²) in [6.07, 6.45) is 5.40. The van der Waals surface area contributed by atoms with Gasteiger partial charge in [-0.25, -0.2) is 4.79 Å². The van der Waals surface area contributed by atoms with Crippen LogP contribution in [0, 0.1) is 11.8 Å². The molecule has 1 aliphatic carbocycles. The number of carbonyl (C=O) groups excluding carboxylic acids is 1. The van der Waals surface area contributed by atoms with Crippen molar-refractivity contribution in [1.82, 2.24) is 10.2 Å². The Kier molecular flexibility index (Phi) is 5.85. The molecule has 21 heavy (non-hydrogen) atoms. The van der Waals surface area contributed by atoms with Crippen LogP contribution in [-0.2, 0) is 9.53 Å². The molecule has 1 saturated heterocycles. The predicted molar refractivity (Wildman–Crippen MR) is 78.1 cm³/mol. The highest BCUT2D eigenvalue weighted by molar-refractivity contribution is 5.77. The maximum Gasteiger partial charge on any atom is 0.317 e. The van der Waals surface area contributed by atoms with Gasteiger partial charge in [-0.3, -0.25) is 4.79 Å². The van der Waals surface area contributed by atoms with E-state index in [0.717, 1.165) is 38.6 Å². The lowest BCUT2D eigenvalue weighted by Gasteiger charge is -2.35. The number of piperidine rings is 1. The lowest BCUT2D eigenvalue weighted by molar-refractivity contribution is -0.143. The van der Waals surface area contributed by atoms with Crippen LogP contribution in [0.25, 0.3) is 0 Å². The monoisotopic (exact) mass is 298 g/mol. The van der Waals surface area contributed by atoms with Crippen molar-refractivity contribution in [2.24, 2.45) is 11.8 Å². The molecule has 120 valence electrons. The molecule has 6 heteroatoms. The zero-order chi connectivity index (χ0) is 15.2. The van der Waals surface area contributed by atoms with Gasteiger partial charge in [-0.15, -0.1) is 0 Å². The van der Waals surface area contributed by atoms with Crippen LogP contribution >= 0.6 is 0 Å². The van der Waals surface area contributed by atoms with E-state index in [1.807, 2.05) is 0 Å². The van der Waals surface area contributed by atoms with E-state index >= 15 is 0 Å².